The molecule has 0 fully saturated rings. The van der Waals surface area contributed by atoms with Gasteiger partial charge in [0.15, 0.2) is 11.4 Å². The smallest absolute Gasteiger partial charge is 0.279 e. The van der Waals surface area contributed by atoms with Crippen molar-refractivity contribution in [2.45, 2.75) is 6.92 Å². The largest absolute Gasteiger partial charge is 0.494 e. The molecular weight excluding hydrogens is 337 g/mol. The van der Waals surface area contributed by atoms with Crippen molar-refractivity contribution < 1.29 is 13.9 Å². The SMILES string of the molecule is COc1cc(=O)n(-c2ccc(F)cc2)nc1C(=O)Nc1ccc(C)cc1. The number of hydrogen-bond acceptors (Lipinski definition) is 4. The molecule has 0 unspecified atom stereocenters. The normalized spacial score (nSPS) is 10.4. The predicted octanol–water partition coefficient (Wildman–Crippen LogP) is 2.94. The van der Waals surface area contributed by atoms with E-state index in [1.54, 1.807) is 12.1 Å². The molecule has 3 aromatic rings. The summed E-state index contributed by atoms with van der Waals surface area (Å²) in [6.45, 7) is 1.94. The number of nitrogens with zero attached hydrogens (tertiary/aromatic N) is 2. The van der Waals surface area contributed by atoms with E-state index < -0.39 is 17.3 Å². The molecule has 7 heteroatoms. The third kappa shape index (κ3) is 3.61. The predicted molar refractivity (Wildman–Crippen MR) is 95.5 cm³/mol. The Morgan fingerprint density at radius 1 is 1.12 bits per heavy atom. The molecule has 1 heterocycles. The summed E-state index contributed by atoms with van der Waals surface area (Å²) in [4.78, 5) is 24.8. The van der Waals surface area contributed by atoms with Crippen molar-refractivity contribution in [2.75, 3.05) is 12.4 Å². The maximum absolute atomic E-state index is 13.1. The third-order valence-corrected chi connectivity index (χ3v) is 3.71. The molecule has 0 saturated heterocycles. The second-order valence-corrected chi connectivity index (χ2v) is 5.61. The number of carbonyl (C=O) groups is 1. The number of halogens is 1. The van der Waals surface area contributed by atoms with E-state index in [0.717, 1.165) is 10.2 Å². The molecule has 0 radical (unpaired) electrons. The number of methoxy groups -OCH3 is 1. The van der Waals surface area contributed by atoms with Gasteiger partial charge in [-0.1, -0.05) is 17.7 Å². The highest BCUT2D eigenvalue weighted by Gasteiger charge is 2.18. The number of nitrogens with one attached hydrogen (secondary N) is 1. The van der Waals surface area contributed by atoms with Crippen LogP contribution in [0.3, 0.4) is 0 Å². The van der Waals surface area contributed by atoms with Gasteiger partial charge < -0.3 is 10.1 Å². The van der Waals surface area contributed by atoms with Gasteiger partial charge in [0.2, 0.25) is 0 Å². The zero-order valence-electron chi connectivity index (χ0n) is 14.2. The standard InChI is InChI=1S/C19H16FN3O3/c1-12-3-7-14(8-4-12)21-19(25)18-16(26-2)11-17(24)23(22-18)15-9-5-13(20)6-10-15/h3-11H,1-2H3,(H,21,25). The highest BCUT2D eigenvalue weighted by atomic mass is 19.1. The topological polar surface area (TPSA) is 73.2 Å². The lowest BCUT2D eigenvalue weighted by Gasteiger charge is -2.11. The van der Waals surface area contributed by atoms with Gasteiger partial charge in [-0.2, -0.15) is 9.78 Å². The molecule has 2 aromatic carbocycles. The maximum Gasteiger partial charge on any atom is 0.279 e. The van der Waals surface area contributed by atoms with Gasteiger partial charge in [0.25, 0.3) is 11.5 Å². The van der Waals surface area contributed by atoms with Gasteiger partial charge >= 0.3 is 0 Å². The van der Waals surface area contributed by atoms with Gasteiger partial charge in [0, 0.05) is 5.69 Å². The molecule has 0 aliphatic heterocycles. The van der Waals surface area contributed by atoms with Crippen molar-refractivity contribution in [1.29, 1.82) is 0 Å². The van der Waals surface area contributed by atoms with Gasteiger partial charge in [-0.05, 0) is 43.3 Å². The number of ether oxygens (including phenoxy) is 1. The van der Waals surface area contributed by atoms with Crippen LogP contribution in [-0.2, 0) is 0 Å². The number of amides is 1. The average Bonchev–Trinajstić information content (AvgIpc) is 2.64. The van der Waals surface area contributed by atoms with Crippen molar-refractivity contribution in [3.63, 3.8) is 0 Å². The fraction of sp³-hybridized carbons (Fsp3) is 0.105. The first-order valence-corrected chi connectivity index (χ1v) is 7.80. The van der Waals surface area contributed by atoms with Crippen molar-refractivity contribution in [3.05, 3.63) is 82.0 Å². The van der Waals surface area contributed by atoms with E-state index in [2.05, 4.69) is 10.4 Å². The lowest BCUT2D eigenvalue weighted by Crippen LogP contribution is -2.26. The molecule has 0 spiro atoms. The summed E-state index contributed by atoms with van der Waals surface area (Å²) in [7, 11) is 1.35. The Morgan fingerprint density at radius 2 is 1.77 bits per heavy atom. The average molecular weight is 353 g/mol. The molecule has 0 saturated carbocycles. The molecule has 132 valence electrons. The Kier molecular flexibility index (Phi) is 4.79. The van der Waals surface area contributed by atoms with Crippen molar-refractivity contribution >= 4 is 11.6 Å². The quantitative estimate of drug-likeness (QED) is 0.783. The third-order valence-electron chi connectivity index (χ3n) is 3.71. The van der Waals surface area contributed by atoms with Crippen LogP contribution in [0.5, 0.6) is 5.75 Å². The molecule has 1 amide bonds. The zero-order chi connectivity index (χ0) is 18.7. The van der Waals surface area contributed by atoms with Gasteiger partial charge in [-0.15, -0.1) is 0 Å². The summed E-state index contributed by atoms with van der Waals surface area (Å²) in [6, 6.07) is 13.6. The fourth-order valence-corrected chi connectivity index (χ4v) is 2.35. The van der Waals surface area contributed by atoms with E-state index in [1.807, 2.05) is 19.1 Å². The van der Waals surface area contributed by atoms with E-state index in [-0.39, 0.29) is 11.4 Å². The Bertz CT molecular complexity index is 996. The highest BCUT2D eigenvalue weighted by Crippen LogP contribution is 2.17. The Morgan fingerprint density at radius 3 is 2.38 bits per heavy atom. The molecular formula is C19H16FN3O3. The van der Waals surface area contributed by atoms with Gasteiger partial charge in [0.05, 0.1) is 18.9 Å². The second-order valence-electron chi connectivity index (χ2n) is 5.61. The van der Waals surface area contributed by atoms with Crippen molar-refractivity contribution in [1.82, 2.24) is 9.78 Å². The molecule has 6 nitrogen and oxygen atoms in total. The van der Waals surface area contributed by atoms with Gasteiger partial charge in [-0.3, -0.25) is 9.59 Å². The van der Waals surface area contributed by atoms with Gasteiger partial charge in [0.1, 0.15) is 5.82 Å². The van der Waals surface area contributed by atoms with Crippen LogP contribution in [0, 0.1) is 12.7 Å². The minimum atomic E-state index is -0.526. The lowest BCUT2D eigenvalue weighted by atomic mass is 10.2. The van der Waals surface area contributed by atoms with Crippen molar-refractivity contribution in [2.24, 2.45) is 0 Å². The van der Waals surface area contributed by atoms with Crippen LogP contribution in [0.25, 0.3) is 5.69 Å². The molecule has 1 aromatic heterocycles. The number of carbonyl (C=O) groups excluding carboxylic acids is 1. The van der Waals surface area contributed by atoms with Crippen molar-refractivity contribution in [3.8, 4) is 11.4 Å². The van der Waals surface area contributed by atoms with Crippen LogP contribution in [0.1, 0.15) is 16.1 Å². The van der Waals surface area contributed by atoms with Crippen LogP contribution in [-0.4, -0.2) is 22.8 Å². The molecule has 0 atom stereocenters. The maximum atomic E-state index is 13.1. The van der Waals surface area contributed by atoms with E-state index >= 15 is 0 Å². The summed E-state index contributed by atoms with van der Waals surface area (Å²) < 4.78 is 19.2. The first-order chi connectivity index (χ1) is 12.5. The molecule has 3 rings (SSSR count). The van der Waals surface area contributed by atoms with Crippen LogP contribution >= 0.6 is 0 Å². The van der Waals surface area contributed by atoms with E-state index in [0.29, 0.717) is 11.4 Å². The Balaban J connectivity index is 2.00. The van der Waals surface area contributed by atoms with E-state index in [9.17, 15) is 14.0 Å². The lowest BCUT2D eigenvalue weighted by molar-refractivity contribution is 0.101. The first-order valence-electron chi connectivity index (χ1n) is 7.80. The summed E-state index contributed by atoms with van der Waals surface area (Å²) in [5.74, 6) is -0.910. The van der Waals surface area contributed by atoms with E-state index in [4.69, 9.17) is 4.74 Å². The summed E-state index contributed by atoms with van der Waals surface area (Å²) >= 11 is 0. The molecule has 26 heavy (non-hydrogen) atoms. The van der Waals surface area contributed by atoms with Gasteiger partial charge in [-0.25, -0.2) is 4.39 Å². The number of benzene rings is 2. The summed E-state index contributed by atoms with van der Waals surface area (Å²) in [6.07, 6.45) is 0. The fourth-order valence-electron chi connectivity index (χ4n) is 2.35. The monoisotopic (exact) mass is 353 g/mol. The number of hydrogen-bond donors (Lipinski definition) is 1. The zero-order valence-corrected chi connectivity index (χ0v) is 14.2. The number of aryl methyl sites for hydroxylation is 1. The highest BCUT2D eigenvalue weighted by molar-refractivity contribution is 6.04. The summed E-state index contributed by atoms with van der Waals surface area (Å²) in [5, 5.41) is 6.81. The molecule has 0 bridgehead atoms. The molecule has 0 aliphatic rings. The first kappa shape index (κ1) is 17.3. The number of anilines is 1. The summed E-state index contributed by atoms with van der Waals surface area (Å²) in [5.41, 5.74) is 1.42. The van der Waals surface area contributed by atoms with Crippen LogP contribution in [0.4, 0.5) is 10.1 Å². The molecule has 0 aliphatic carbocycles. The Labute approximate surface area is 148 Å². The number of rotatable bonds is 4. The van der Waals surface area contributed by atoms with E-state index in [1.165, 1.54) is 37.4 Å². The molecule has 1 N–H and O–H groups in total. The Hall–Kier alpha value is -3.48. The number of aromatic nitrogens is 2. The van der Waals surface area contributed by atoms with Crippen LogP contribution < -0.4 is 15.6 Å². The van der Waals surface area contributed by atoms with Crippen LogP contribution in [0.2, 0.25) is 0 Å². The second kappa shape index (κ2) is 7.18. The minimum absolute atomic E-state index is 0.0537. The minimum Gasteiger partial charge on any atom is -0.494 e. The van der Waals surface area contributed by atoms with Crippen LogP contribution in [0.15, 0.2) is 59.4 Å².